The molecule has 1 heterocycles. The third kappa shape index (κ3) is 3.29. The summed E-state index contributed by atoms with van der Waals surface area (Å²) in [7, 11) is 2.05. The quantitative estimate of drug-likeness (QED) is 0.808. The zero-order valence-corrected chi connectivity index (χ0v) is 12.7. The number of halogens is 2. The Morgan fingerprint density at radius 3 is 2.73 bits per heavy atom. The Balaban J connectivity index is 1.97. The van der Waals surface area contributed by atoms with Crippen LogP contribution in [0.15, 0.2) is 14.3 Å². The first-order valence-corrected chi connectivity index (χ1v) is 7.73. The second-order valence-corrected chi connectivity index (χ2v) is 7.39. The Kier molecular flexibility index (Phi) is 4.27. The van der Waals surface area contributed by atoms with Crippen molar-refractivity contribution >= 4 is 43.2 Å². The van der Waals surface area contributed by atoms with Crippen molar-refractivity contribution in [2.24, 2.45) is 5.92 Å². The highest BCUT2D eigenvalue weighted by molar-refractivity contribution is 9.13. The third-order valence-corrected chi connectivity index (χ3v) is 6.29. The molecule has 0 radical (unpaired) electrons. The molecule has 1 N–H and O–H groups in total. The molecule has 0 saturated heterocycles. The molecule has 15 heavy (non-hydrogen) atoms. The monoisotopic (exact) mass is 351 g/mol. The summed E-state index contributed by atoms with van der Waals surface area (Å²) in [5.41, 5.74) is 0. The van der Waals surface area contributed by atoms with E-state index in [1.807, 2.05) is 11.3 Å². The van der Waals surface area contributed by atoms with Crippen LogP contribution in [0.5, 0.6) is 0 Å². The van der Waals surface area contributed by atoms with Crippen molar-refractivity contribution in [2.45, 2.75) is 31.7 Å². The van der Waals surface area contributed by atoms with Crippen molar-refractivity contribution in [1.29, 1.82) is 0 Å². The molecule has 1 nitrogen and oxygen atoms in total. The Labute approximate surface area is 112 Å². The van der Waals surface area contributed by atoms with Gasteiger partial charge in [-0.1, -0.05) is 12.8 Å². The average molecular weight is 353 g/mol. The number of nitrogens with one attached hydrogen (secondary N) is 1. The number of hydrogen-bond acceptors (Lipinski definition) is 2. The zero-order chi connectivity index (χ0) is 10.8. The molecular formula is C11H15Br2NS. The molecule has 1 atom stereocenters. The van der Waals surface area contributed by atoms with Gasteiger partial charge >= 0.3 is 0 Å². The van der Waals surface area contributed by atoms with Crippen molar-refractivity contribution in [1.82, 2.24) is 5.32 Å². The molecule has 0 spiro atoms. The maximum Gasteiger partial charge on any atom is 0.0843 e. The van der Waals surface area contributed by atoms with Crippen molar-refractivity contribution in [3.05, 3.63) is 19.2 Å². The fourth-order valence-corrected chi connectivity index (χ4v) is 4.01. The summed E-state index contributed by atoms with van der Waals surface area (Å²) in [5, 5.41) is 3.41. The summed E-state index contributed by atoms with van der Waals surface area (Å²) in [6.45, 7) is 0. The molecule has 4 heteroatoms. The van der Waals surface area contributed by atoms with Crippen molar-refractivity contribution in [3.8, 4) is 0 Å². The van der Waals surface area contributed by atoms with Crippen LogP contribution in [0.1, 0.15) is 36.6 Å². The summed E-state index contributed by atoms with van der Waals surface area (Å²) < 4.78 is 2.37. The molecule has 1 aromatic rings. The van der Waals surface area contributed by atoms with Gasteiger partial charge in [-0.05, 0) is 63.7 Å². The molecule has 1 unspecified atom stereocenters. The summed E-state index contributed by atoms with van der Waals surface area (Å²) in [5.74, 6) is 1.02. The lowest BCUT2D eigenvalue weighted by Gasteiger charge is -2.13. The first kappa shape index (κ1) is 12.1. The third-order valence-electron chi connectivity index (χ3n) is 2.92. The second-order valence-electron chi connectivity index (χ2n) is 4.13. The van der Waals surface area contributed by atoms with Crippen molar-refractivity contribution in [3.63, 3.8) is 0 Å². The highest BCUT2D eigenvalue weighted by Crippen LogP contribution is 2.39. The van der Waals surface area contributed by atoms with Gasteiger partial charge in [0.15, 0.2) is 0 Å². The Morgan fingerprint density at radius 1 is 1.53 bits per heavy atom. The average Bonchev–Trinajstić information content (AvgIpc) is 2.96. The molecule has 1 saturated carbocycles. The molecule has 0 bridgehead atoms. The summed E-state index contributed by atoms with van der Waals surface area (Å²) in [6, 6.07) is 2.75. The van der Waals surface area contributed by atoms with E-state index >= 15 is 0 Å². The van der Waals surface area contributed by atoms with E-state index in [-0.39, 0.29) is 0 Å². The lowest BCUT2D eigenvalue weighted by Crippen LogP contribution is -2.15. The smallest absolute Gasteiger partial charge is 0.0843 e. The van der Waals surface area contributed by atoms with Gasteiger partial charge in [0.25, 0.3) is 0 Å². The van der Waals surface area contributed by atoms with Crippen LogP contribution in [0, 0.1) is 5.92 Å². The number of hydrogen-bond donors (Lipinski definition) is 1. The van der Waals surface area contributed by atoms with E-state index in [0.717, 1.165) is 5.92 Å². The van der Waals surface area contributed by atoms with Crippen molar-refractivity contribution < 1.29 is 0 Å². The molecule has 0 aromatic carbocycles. The van der Waals surface area contributed by atoms with Gasteiger partial charge in [-0.15, -0.1) is 11.3 Å². The summed E-state index contributed by atoms with van der Waals surface area (Å²) >= 11 is 8.92. The van der Waals surface area contributed by atoms with Crippen LogP contribution in [-0.2, 0) is 0 Å². The van der Waals surface area contributed by atoms with Crippen molar-refractivity contribution in [2.75, 3.05) is 7.05 Å². The second kappa shape index (κ2) is 5.30. The van der Waals surface area contributed by atoms with Gasteiger partial charge in [-0.2, -0.15) is 0 Å². The van der Waals surface area contributed by atoms with Crippen LogP contribution in [0.2, 0.25) is 0 Å². The van der Waals surface area contributed by atoms with Gasteiger partial charge in [0, 0.05) is 15.4 Å². The van der Waals surface area contributed by atoms with Crippen LogP contribution in [-0.4, -0.2) is 7.05 Å². The zero-order valence-electron chi connectivity index (χ0n) is 8.72. The minimum Gasteiger partial charge on any atom is -0.312 e. The van der Waals surface area contributed by atoms with Crippen LogP contribution >= 0.6 is 43.2 Å². The summed E-state index contributed by atoms with van der Waals surface area (Å²) in [4.78, 5) is 1.43. The molecule has 2 rings (SSSR count). The van der Waals surface area contributed by atoms with Gasteiger partial charge in [0.2, 0.25) is 0 Å². The van der Waals surface area contributed by atoms with E-state index in [9.17, 15) is 0 Å². The molecule has 1 aliphatic rings. The first-order chi connectivity index (χ1) is 7.20. The molecular weight excluding hydrogens is 338 g/mol. The maximum absolute atomic E-state index is 3.55. The Morgan fingerprint density at radius 2 is 2.27 bits per heavy atom. The van der Waals surface area contributed by atoms with E-state index in [0.29, 0.717) is 6.04 Å². The van der Waals surface area contributed by atoms with Gasteiger partial charge in [-0.25, -0.2) is 0 Å². The SMILES string of the molecule is CNC(CCC1CC1)c1cc(Br)c(Br)s1. The minimum atomic E-state index is 0.526. The topological polar surface area (TPSA) is 12.0 Å². The van der Waals surface area contributed by atoms with E-state index in [1.54, 1.807) is 0 Å². The summed E-state index contributed by atoms with van der Waals surface area (Å²) in [6.07, 6.45) is 5.54. The molecule has 84 valence electrons. The molecule has 0 aliphatic heterocycles. The maximum atomic E-state index is 3.55. The largest absolute Gasteiger partial charge is 0.312 e. The fraction of sp³-hybridized carbons (Fsp3) is 0.636. The predicted molar refractivity (Wildman–Crippen MR) is 73.5 cm³/mol. The van der Waals surface area contributed by atoms with Gasteiger partial charge in [0.05, 0.1) is 3.79 Å². The van der Waals surface area contributed by atoms with Crippen LogP contribution in [0.25, 0.3) is 0 Å². The Bertz CT molecular complexity index is 314. The van der Waals surface area contributed by atoms with E-state index < -0.39 is 0 Å². The van der Waals surface area contributed by atoms with Crippen LogP contribution in [0.4, 0.5) is 0 Å². The lowest BCUT2D eigenvalue weighted by atomic mass is 10.1. The molecule has 1 aliphatic carbocycles. The minimum absolute atomic E-state index is 0.526. The van der Waals surface area contributed by atoms with Gasteiger partial charge in [-0.3, -0.25) is 0 Å². The van der Waals surface area contributed by atoms with Gasteiger partial charge in [0.1, 0.15) is 0 Å². The first-order valence-electron chi connectivity index (χ1n) is 5.32. The van der Waals surface area contributed by atoms with Gasteiger partial charge < -0.3 is 5.32 Å². The van der Waals surface area contributed by atoms with E-state index in [4.69, 9.17) is 0 Å². The van der Waals surface area contributed by atoms with E-state index in [2.05, 4.69) is 50.3 Å². The fourth-order valence-electron chi connectivity index (χ4n) is 1.77. The normalized spacial score (nSPS) is 18.1. The van der Waals surface area contributed by atoms with Crippen LogP contribution in [0.3, 0.4) is 0 Å². The van der Waals surface area contributed by atoms with E-state index in [1.165, 1.54) is 38.8 Å². The lowest BCUT2D eigenvalue weighted by molar-refractivity contribution is 0.513. The Hall–Kier alpha value is 0.620. The highest BCUT2D eigenvalue weighted by Gasteiger charge is 2.23. The molecule has 1 aromatic heterocycles. The standard InChI is InChI=1S/C11H15Br2NS/c1-14-9(5-4-7-2-3-7)10-6-8(12)11(13)15-10/h6-7,9,14H,2-5H2,1H3. The highest BCUT2D eigenvalue weighted by atomic mass is 79.9. The van der Waals surface area contributed by atoms with Crippen LogP contribution < -0.4 is 5.32 Å². The molecule has 1 fully saturated rings. The predicted octanol–water partition coefficient (Wildman–Crippen LogP) is 4.72. The number of thiophene rings is 1. The molecule has 0 amide bonds. The number of rotatable bonds is 5.